The molecule has 2 heterocycles. The van der Waals surface area contributed by atoms with Crippen LogP contribution >= 0.6 is 0 Å². The maximum Gasteiger partial charge on any atom is 0.261 e. The standard InChI is InChI=1S/C17H14F4N2O3/c18-12-14(13(19)16(21)23-15(12)20)26-10-6-4-9(5-7-10)25-11-3-1-2-8-22-17(11)24/h4-7,11H,1-3,8H2,(H,22,24). The average Bonchev–Trinajstić information content (AvgIpc) is 2.83. The van der Waals surface area contributed by atoms with E-state index in [-0.39, 0.29) is 11.7 Å². The van der Waals surface area contributed by atoms with Gasteiger partial charge in [0.25, 0.3) is 17.8 Å². The summed E-state index contributed by atoms with van der Waals surface area (Å²) in [5.74, 6) is -8.27. The number of benzene rings is 1. The number of pyridine rings is 1. The molecule has 0 saturated carbocycles. The summed E-state index contributed by atoms with van der Waals surface area (Å²) in [7, 11) is 0. The van der Waals surface area contributed by atoms with Crippen LogP contribution in [0, 0.1) is 23.5 Å². The number of hydrogen-bond acceptors (Lipinski definition) is 4. The molecule has 0 radical (unpaired) electrons. The third-order valence-electron chi connectivity index (χ3n) is 3.76. The Morgan fingerprint density at radius 3 is 2.23 bits per heavy atom. The van der Waals surface area contributed by atoms with Gasteiger partial charge in [-0.25, -0.2) is 0 Å². The van der Waals surface area contributed by atoms with Gasteiger partial charge in [0.1, 0.15) is 11.5 Å². The van der Waals surface area contributed by atoms with Crippen LogP contribution in [-0.2, 0) is 4.79 Å². The second-order valence-electron chi connectivity index (χ2n) is 5.62. The first kappa shape index (κ1) is 18.0. The van der Waals surface area contributed by atoms with Crippen LogP contribution in [0.2, 0.25) is 0 Å². The van der Waals surface area contributed by atoms with Gasteiger partial charge >= 0.3 is 0 Å². The minimum Gasteiger partial charge on any atom is -0.481 e. The summed E-state index contributed by atoms with van der Waals surface area (Å²) in [4.78, 5) is 14.3. The van der Waals surface area contributed by atoms with E-state index in [9.17, 15) is 22.4 Å². The van der Waals surface area contributed by atoms with Crippen LogP contribution in [0.25, 0.3) is 0 Å². The van der Waals surface area contributed by atoms with Crippen LogP contribution in [-0.4, -0.2) is 23.5 Å². The number of hydrogen-bond donors (Lipinski definition) is 1. The van der Waals surface area contributed by atoms with Crippen molar-refractivity contribution in [1.82, 2.24) is 10.3 Å². The van der Waals surface area contributed by atoms with Gasteiger partial charge < -0.3 is 14.8 Å². The number of rotatable bonds is 4. The minimum absolute atomic E-state index is 0.0783. The lowest BCUT2D eigenvalue weighted by Gasteiger charge is -2.16. The number of carbonyl (C=O) groups is 1. The summed E-state index contributed by atoms with van der Waals surface area (Å²) in [6.45, 7) is 0.599. The topological polar surface area (TPSA) is 60.5 Å². The molecule has 0 spiro atoms. The molecule has 1 aliphatic heterocycles. The van der Waals surface area contributed by atoms with Crippen molar-refractivity contribution in [1.29, 1.82) is 0 Å². The molecule has 0 aliphatic carbocycles. The Labute approximate surface area is 145 Å². The van der Waals surface area contributed by atoms with E-state index >= 15 is 0 Å². The highest BCUT2D eigenvalue weighted by Crippen LogP contribution is 2.30. The number of halogens is 4. The van der Waals surface area contributed by atoms with Gasteiger partial charge in [-0.2, -0.15) is 22.5 Å². The lowest BCUT2D eigenvalue weighted by molar-refractivity contribution is -0.127. The van der Waals surface area contributed by atoms with Crippen molar-refractivity contribution in [2.45, 2.75) is 25.4 Å². The van der Waals surface area contributed by atoms with E-state index in [0.717, 1.165) is 12.8 Å². The second-order valence-corrected chi connectivity index (χ2v) is 5.62. The fourth-order valence-corrected chi connectivity index (χ4v) is 2.45. The SMILES string of the molecule is O=C1NCCCCC1Oc1ccc(Oc2c(F)c(F)nc(F)c2F)cc1. The Kier molecular flexibility index (Phi) is 5.24. The van der Waals surface area contributed by atoms with Crippen molar-refractivity contribution < 1.29 is 31.8 Å². The number of ether oxygens (including phenoxy) is 2. The highest BCUT2D eigenvalue weighted by atomic mass is 19.2. The van der Waals surface area contributed by atoms with Gasteiger partial charge in [-0.3, -0.25) is 4.79 Å². The quantitative estimate of drug-likeness (QED) is 0.661. The highest BCUT2D eigenvalue weighted by molar-refractivity contribution is 5.81. The predicted molar refractivity (Wildman–Crippen MR) is 81.9 cm³/mol. The lowest BCUT2D eigenvalue weighted by Crippen LogP contribution is -2.36. The molecule has 1 unspecified atom stereocenters. The normalized spacial score (nSPS) is 17.4. The smallest absolute Gasteiger partial charge is 0.261 e. The van der Waals surface area contributed by atoms with Crippen LogP contribution in [0.5, 0.6) is 17.2 Å². The molecule has 5 nitrogen and oxygen atoms in total. The van der Waals surface area contributed by atoms with Crippen LogP contribution < -0.4 is 14.8 Å². The molecular weight excluding hydrogens is 356 g/mol. The molecule has 1 aliphatic rings. The van der Waals surface area contributed by atoms with Crippen molar-refractivity contribution >= 4 is 5.91 Å². The molecule has 1 aromatic carbocycles. The molecule has 1 amide bonds. The Balaban J connectivity index is 1.73. The van der Waals surface area contributed by atoms with Gasteiger partial charge in [-0.05, 0) is 43.5 Å². The van der Waals surface area contributed by atoms with E-state index in [1.165, 1.54) is 24.3 Å². The van der Waals surface area contributed by atoms with Crippen molar-refractivity contribution in [3.63, 3.8) is 0 Å². The molecule has 2 aromatic rings. The molecule has 26 heavy (non-hydrogen) atoms. The zero-order chi connectivity index (χ0) is 18.7. The van der Waals surface area contributed by atoms with E-state index in [4.69, 9.17) is 9.47 Å². The van der Waals surface area contributed by atoms with Gasteiger partial charge in [0.15, 0.2) is 6.10 Å². The zero-order valence-corrected chi connectivity index (χ0v) is 13.4. The first-order valence-electron chi connectivity index (χ1n) is 7.88. The van der Waals surface area contributed by atoms with E-state index < -0.39 is 35.4 Å². The number of nitrogens with one attached hydrogen (secondary N) is 1. The number of nitrogens with zero attached hydrogens (tertiary/aromatic N) is 1. The summed E-state index contributed by atoms with van der Waals surface area (Å²) < 4.78 is 63.8. The minimum atomic E-state index is -1.81. The Morgan fingerprint density at radius 2 is 1.58 bits per heavy atom. The molecule has 1 N–H and O–H groups in total. The van der Waals surface area contributed by atoms with E-state index in [1.54, 1.807) is 0 Å². The van der Waals surface area contributed by atoms with Gasteiger partial charge in [0.2, 0.25) is 17.4 Å². The molecule has 1 atom stereocenters. The Hall–Kier alpha value is -2.84. The fraction of sp³-hybridized carbons (Fsp3) is 0.294. The fourth-order valence-electron chi connectivity index (χ4n) is 2.45. The summed E-state index contributed by atoms with van der Waals surface area (Å²) in [6.07, 6.45) is 1.63. The third kappa shape index (κ3) is 3.87. The summed E-state index contributed by atoms with van der Waals surface area (Å²) >= 11 is 0. The summed E-state index contributed by atoms with van der Waals surface area (Å²) in [5.41, 5.74) is 0. The number of amides is 1. The molecule has 1 aromatic heterocycles. The molecule has 138 valence electrons. The van der Waals surface area contributed by atoms with Gasteiger partial charge in [0.05, 0.1) is 0 Å². The van der Waals surface area contributed by atoms with Crippen LogP contribution in [0.4, 0.5) is 17.6 Å². The van der Waals surface area contributed by atoms with Crippen LogP contribution in [0.15, 0.2) is 24.3 Å². The Bertz CT molecular complexity index is 788. The van der Waals surface area contributed by atoms with Gasteiger partial charge in [-0.1, -0.05) is 0 Å². The molecule has 1 saturated heterocycles. The maximum absolute atomic E-state index is 13.6. The van der Waals surface area contributed by atoms with Crippen molar-refractivity contribution in [2.75, 3.05) is 6.54 Å². The largest absolute Gasteiger partial charge is 0.481 e. The molecule has 3 rings (SSSR count). The predicted octanol–water partition coefficient (Wildman–Crippen LogP) is 3.48. The summed E-state index contributed by atoms with van der Waals surface area (Å²) in [5, 5.41) is 2.73. The Morgan fingerprint density at radius 1 is 0.962 bits per heavy atom. The number of aromatic nitrogens is 1. The lowest BCUT2D eigenvalue weighted by atomic mass is 10.2. The average molecular weight is 370 g/mol. The van der Waals surface area contributed by atoms with Crippen molar-refractivity contribution in [3.8, 4) is 17.2 Å². The monoisotopic (exact) mass is 370 g/mol. The molecule has 9 heteroatoms. The molecule has 0 bridgehead atoms. The van der Waals surface area contributed by atoms with E-state index in [0.29, 0.717) is 18.7 Å². The first-order valence-corrected chi connectivity index (χ1v) is 7.88. The second kappa shape index (κ2) is 7.59. The van der Waals surface area contributed by atoms with Crippen molar-refractivity contribution in [2.24, 2.45) is 0 Å². The molecule has 1 fully saturated rings. The van der Waals surface area contributed by atoms with Crippen LogP contribution in [0.1, 0.15) is 19.3 Å². The number of carbonyl (C=O) groups excluding carboxylic acids is 1. The summed E-state index contributed by atoms with van der Waals surface area (Å²) in [6, 6.07) is 5.41. The van der Waals surface area contributed by atoms with Crippen LogP contribution in [0.3, 0.4) is 0 Å². The highest BCUT2D eigenvalue weighted by Gasteiger charge is 2.24. The van der Waals surface area contributed by atoms with Gasteiger partial charge in [0, 0.05) is 6.54 Å². The maximum atomic E-state index is 13.6. The third-order valence-corrected chi connectivity index (χ3v) is 3.76. The zero-order valence-electron chi connectivity index (χ0n) is 13.4. The van der Waals surface area contributed by atoms with Gasteiger partial charge in [-0.15, -0.1) is 0 Å². The first-order chi connectivity index (χ1) is 12.5. The van der Waals surface area contributed by atoms with Crippen molar-refractivity contribution in [3.05, 3.63) is 47.8 Å². The van der Waals surface area contributed by atoms with E-state index in [2.05, 4.69) is 10.3 Å². The van der Waals surface area contributed by atoms with E-state index in [1.807, 2.05) is 0 Å². The molecular formula is C17H14F4N2O3.